The quantitative estimate of drug-likeness (QED) is 0.812. The molecular formula is C16H20F4N2O2. The third-order valence-electron chi connectivity index (χ3n) is 3.86. The second-order valence-electron chi connectivity index (χ2n) is 5.48. The molecule has 0 atom stereocenters. The number of aromatic nitrogens is 1. The van der Waals surface area contributed by atoms with Crippen LogP contribution >= 0.6 is 0 Å². The molecule has 2 heterocycles. The number of aliphatic hydroxyl groups is 1. The summed E-state index contributed by atoms with van der Waals surface area (Å²) in [6.07, 6.45) is 5.45. The fraction of sp³-hybridized carbons (Fsp3) is 0.500. The number of halogens is 4. The van der Waals surface area contributed by atoms with Crippen molar-refractivity contribution in [2.45, 2.75) is 32.5 Å². The monoisotopic (exact) mass is 348 g/mol. The van der Waals surface area contributed by atoms with E-state index in [9.17, 15) is 17.6 Å². The molecule has 1 aromatic heterocycles. The Balaban J connectivity index is 0.000000471. The number of aromatic amines is 1. The molecule has 0 bridgehead atoms. The zero-order valence-electron chi connectivity index (χ0n) is 13.0. The molecule has 0 saturated carbocycles. The summed E-state index contributed by atoms with van der Waals surface area (Å²) >= 11 is 0. The van der Waals surface area contributed by atoms with Crippen molar-refractivity contribution in [1.82, 2.24) is 9.88 Å². The van der Waals surface area contributed by atoms with Gasteiger partial charge in [-0.25, -0.2) is 0 Å². The lowest BCUT2D eigenvalue weighted by Gasteiger charge is -2.13. The minimum atomic E-state index is -3.17. The maximum Gasteiger partial charge on any atom is 0.387 e. The first-order valence-corrected chi connectivity index (χ1v) is 7.69. The smallest absolute Gasteiger partial charge is 0.387 e. The van der Waals surface area contributed by atoms with Crippen LogP contribution in [0.3, 0.4) is 0 Å². The molecule has 4 nitrogen and oxygen atoms in total. The van der Waals surface area contributed by atoms with Crippen molar-refractivity contribution in [3.8, 4) is 5.75 Å². The van der Waals surface area contributed by atoms with Crippen molar-refractivity contribution in [2.24, 2.45) is 0 Å². The Kier molecular flexibility index (Phi) is 6.86. The van der Waals surface area contributed by atoms with Crippen molar-refractivity contribution >= 4 is 10.9 Å². The Morgan fingerprint density at radius 3 is 2.46 bits per heavy atom. The van der Waals surface area contributed by atoms with E-state index in [0.717, 1.165) is 29.4 Å². The molecule has 1 aromatic carbocycles. The molecule has 8 heteroatoms. The summed E-state index contributed by atoms with van der Waals surface area (Å²) in [6.45, 7) is -2.59. The topological polar surface area (TPSA) is 48.5 Å². The van der Waals surface area contributed by atoms with Crippen molar-refractivity contribution < 1.29 is 27.4 Å². The average molecular weight is 348 g/mol. The number of alkyl halides is 4. The highest BCUT2D eigenvalue weighted by molar-refractivity contribution is 5.84. The SMILES string of the molecule is FC(F)Oc1ccc2[nH]cc(CCN3CCCC3)c2c1.OC(F)F. The minimum Gasteiger partial charge on any atom is -0.435 e. The molecule has 0 amide bonds. The van der Waals surface area contributed by atoms with Gasteiger partial charge in [-0.1, -0.05) is 0 Å². The zero-order valence-corrected chi connectivity index (χ0v) is 13.0. The summed E-state index contributed by atoms with van der Waals surface area (Å²) in [5.41, 5.74) is 2.12. The number of ether oxygens (including phenoxy) is 1. The highest BCUT2D eigenvalue weighted by atomic mass is 19.3. The van der Waals surface area contributed by atoms with Gasteiger partial charge in [-0.05, 0) is 56.1 Å². The lowest BCUT2D eigenvalue weighted by atomic mass is 10.1. The number of hydrogen-bond acceptors (Lipinski definition) is 3. The van der Waals surface area contributed by atoms with Crippen LogP contribution in [0.4, 0.5) is 17.6 Å². The van der Waals surface area contributed by atoms with Gasteiger partial charge >= 0.3 is 13.2 Å². The molecule has 1 aliphatic rings. The highest BCUT2D eigenvalue weighted by Gasteiger charge is 2.13. The minimum absolute atomic E-state index is 0.217. The van der Waals surface area contributed by atoms with E-state index in [-0.39, 0.29) is 5.75 Å². The first-order valence-electron chi connectivity index (χ1n) is 7.69. The summed E-state index contributed by atoms with van der Waals surface area (Å²) < 4.78 is 48.8. The van der Waals surface area contributed by atoms with Crippen LogP contribution in [0.2, 0.25) is 0 Å². The van der Waals surface area contributed by atoms with E-state index >= 15 is 0 Å². The number of nitrogens with one attached hydrogen (secondary N) is 1. The van der Waals surface area contributed by atoms with Crippen molar-refractivity contribution in [3.63, 3.8) is 0 Å². The molecule has 0 unspecified atom stereocenters. The van der Waals surface area contributed by atoms with E-state index < -0.39 is 13.2 Å². The number of H-pyrrole nitrogens is 1. The van der Waals surface area contributed by atoms with Gasteiger partial charge < -0.3 is 19.7 Å². The molecule has 1 saturated heterocycles. The van der Waals surface area contributed by atoms with Gasteiger partial charge in [-0.15, -0.1) is 0 Å². The first kappa shape index (κ1) is 18.5. The van der Waals surface area contributed by atoms with Gasteiger partial charge in [0.2, 0.25) is 0 Å². The largest absolute Gasteiger partial charge is 0.435 e. The summed E-state index contributed by atoms with van der Waals surface area (Å²) in [6, 6.07) is 5.04. The van der Waals surface area contributed by atoms with E-state index in [2.05, 4.69) is 14.6 Å². The predicted octanol–water partition coefficient (Wildman–Crippen LogP) is 3.61. The van der Waals surface area contributed by atoms with Gasteiger partial charge in [0.1, 0.15) is 5.75 Å². The number of rotatable bonds is 5. The van der Waals surface area contributed by atoms with Crippen molar-refractivity contribution in [3.05, 3.63) is 30.0 Å². The summed E-state index contributed by atoms with van der Waals surface area (Å²) in [5, 5.41) is 7.70. The second-order valence-corrected chi connectivity index (χ2v) is 5.48. The van der Waals surface area contributed by atoms with Crippen molar-refractivity contribution in [2.75, 3.05) is 19.6 Å². The number of fused-ring (bicyclic) bond motifs is 1. The van der Waals surface area contributed by atoms with Gasteiger partial charge in [0.15, 0.2) is 0 Å². The van der Waals surface area contributed by atoms with Crippen LogP contribution in [0.1, 0.15) is 18.4 Å². The van der Waals surface area contributed by atoms with Gasteiger partial charge in [0.25, 0.3) is 0 Å². The van der Waals surface area contributed by atoms with Crippen LogP contribution in [-0.2, 0) is 6.42 Å². The number of hydrogen-bond donors (Lipinski definition) is 2. The van der Waals surface area contributed by atoms with Crippen LogP contribution in [-0.4, -0.2) is 47.8 Å². The Labute approximate surface area is 137 Å². The van der Waals surface area contributed by atoms with Crippen LogP contribution in [0.25, 0.3) is 10.9 Å². The number of benzene rings is 1. The fourth-order valence-corrected chi connectivity index (χ4v) is 2.83. The van der Waals surface area contributed by atoms with E-state index in [1.165, 1.54) is 25.9 Å². The van der Waals surface area contributed by atoms with Crippen LogP contribution < -0.4 is 4.74 Å². The molecule has 2 aromatic rings. The molecule has 2 N–H and O–H groups in total. The van der Waals surface area contributed by atoms with Crippen molar-refractivity contribution in [1.29, 1.82) is 0 Å². The third kappa shape index (κ3) is 5.68. The summed E-state index contributed by atoms with van der Waals surface area (Å²) in [7, 11) is 0. The van der Waals surface area contributed by atoms with Gasteiger partial charge in [0, 0.05) is 23.6 Å². The molecule has 0 spiro atoms. The lowest BCUT2D eigenvalue weighted by Crippen LogP contribution is -2.21. The molecular weight excluding hydrogens is 328 g/mol. The van der Waals surface area contributed by atoms with Gasteiger partial charge in [-0.3, -0.25) is 0 Å². The maximum atomic E-state index is 12.3. The Morgan fingerprint density at radius 1 is 1.17 bits per heavy atom. The Morgan fingerprint density at radius 2 is 1.83 bits per heavy atom. The predicted molar refractivity (Wildman–Crippen MR) is 82.5 cm³/mol. The molecule has 24 heavy (non-hydrogen) atoms. The summed E-state index contributed by atoms with van der Waals surface area (Å²) in [4.78, 5) is 5.63. The van der Waals surface area contributed by atoms with Gasteiger partial charge in [0.05, 0.1) is 0 Å². The number of aliphatic hydroxyl groups excluding tert-OH is 1. The number of nitrogens with zero attached hydrogens (tertiary/aromatic N) is 1. The van der Waals surface area contributed by atoms with E-state index in [0.29, 0.717) is 0 Å². The van der Waals surface area contributed by atoms with Gasteiger partial charge in [-0.2, -0.15) is 17.6 Å². The first-order chi connectivity index (χ1) is 11.5. The standard InChI is InChI=1S/C15H18F2N2O.CH2F2O/c16-15(17)20-12-3-4-14-13(9-12)11(10-18-14)5-8-19-6-1-2-7-19;2-1(3)4/h3-4,9-10,15,18H,1-2,5-8H2;1,4H. The van der Waals surface area contributed by atoms with Crippen LogP contribution in [0, 0.1) is 0 Å². The molecule has 1 fully saturated rings. The summed E-state index contributed by atoms with van der Waals surface area (Å²) in [5.74, 6) is 0.217. The zero-order chi connectivity index (χ0) is 17.5. The normalized spacial score (nSPS) is 15.1. The van der Waals surface area contributed by atoms with Crippen LogP contribution in [0.5, 0.6) is 5.75 Å². The van der Waals surface area contributed by atoms with Crippen LogP contribution in [0.15, 0.2) is 24.4 Å². The molecule has 0 aliphatic carbocycles. The molecule has 1 aliphatic heterocycles. The van der Waals surface area contributed by atoms with E-state index in [1.54, 1.807) is 18.2 Å². The molecule has 3 rings (SSSR count). The lowest BCUT2D eigenvalue weighted by molar-refractivity contribution is -0.0729. The Bertz CT molecular complexity index is 625. The van der Waals surface area contributed by atoms with E-state index in [4.69, 9.17) is 5.11 Å². The highest BCUT2D eigenvalue weighted by Crippen LogP contribution is 2.25. The van der Waals surface area contributed by atoms with E-state index in [1.807, 2.05) is 6.20 Å². The number of likely N-dealkylation sites (tertiary alicyclic amines) is 1. The third-order valence-corrected chi connectivity index (χ3v) is 3.86. The molecule has 134 valence electrons. The fourth-order valence-electron chi connectivity index (χ4n) is 2.83. The molecule has 0 radical (unpaired) electrons. The Hall–Kier alpha value is -1.80. The average Bonchev–Trinajstić information content (AvgIpc) is 3.12. The maximum absolute atomic E-state index is 12.3. The second kappa shape index (κ2) is 8.89.